The molecule has 2 aliphatic rings. The summed E-state index contributed by atoms with van der Waals surface area (Å²) in [4.78, 5) is 20.9. The molecule has 0 bridgehead atoms. The van der Waals surface area contributed by atoms with Crippen molar-refractivity contribution in [3.63, 3.8) is 0 Å². The fourth-order valence-corrected chi connectivity index (χ4v) is 4.02. The monoisotopic (exact) mass is 366 g/mol. The summed E-state index contributed by atoms with van der Waals surface area (Å²) in [6.07, 6.45) is 6.12. The lowest BCUT2D eigenvalue weighted by molar-refractivity contribution is -0.130. The molecule has 2 fully saturated rings. The molecule has 1 N–H and O–H groups in total. The number of nitrogens with one attached hydrogen (secondary N) is 1. The van der Waals surface area contributed by atoms with Crippen LogP contribution in [0.25, 0.3) is 0 Å². The van der Waals surface area contributed by atoms with E-state index in [0.717, 1.165) is 51.0 Å². The molecule has 0 unspecified atom stereocenters. The van der Waals surface area contributed by atoms with E-state index in [2.05, 4.69) is 34.3 Å². The molecule has 3 rings (SSSR count). The van der Waals surface area contributed by atoms with Crippen LogP contribution in [0.15, 0.2) is 18.3 Å². The largest absolute Gasteiger partial charge is 0.356 e. The molecule has 27 heavy (non-hydrogen) atoms. The summed E-state index contributed by atoms with van der Waals surface area (Å²) in [5.41, 5.74) is 0.511. The number of aromatic nitrogens is 1. The lowest BCUT2D eigenvalue weighted by Crippen LogP contribution is -2.56. The van der Waals surface area contributed by atoms with Gasteiger partial charge in [0, 0.05) is 31.4 Å². The van der Waals surface area contributed by atoms with Gasteiger partial charge in [0.2, 0.25) is 5.91 Å². The van der Waals surface area contributed by atoms with E-state index >= 15 is 0 Å². The lowest BCUT2D eigenvalue weighted by atomic mass is 9.85. The molecule has 7 heteroatoms. The van der Waals surface area contributed by atoms with Crippen LogP contribution in [0.3, 0.4) is 0 Å². The zero-order valence-electron chi connectivity index (χ0n) is 15.8. The van der Waals surface area contributed by atoms with Crippen molar-refractivity contribution in [3.05, 3.63) is 23.9 Å². The van der Waals surface area contributed by atoms with Gasteiger partial charge in [0.1, 0.15) is 17.9 Å². The predicted octanol–water partition coefficient (Wildman–Crippen LogP) is 1.81. The van der Waals surface area contributed by atoms with E-state index in [1.165, 1.54) is 0 Å². The molecule has 0 saturated carbocycles. The second-order valence-electron chi connectivity index (χ2n) is 7.37. The SMILES string of the molecule is CCC1(NCC(=O)N2CCC[C@H]2C#N)CCN(c2ccc(C#N)cn2)CC1. The van der Waals surface area contributed by atoms with Gasteiger partial charge < -0.3 is 15.1 Å². The molecule has 0 radical (unpaired) electrons. The Labute approximate surface area is 160 Å². The first-order valence-electron chi connectivity index (χ1n) is 9.66. The van der Waals surface area contributed by atoms with E-state index in [1.54, 1.807) is 17.2 Å². The average molecular weight is 366 g/mol. The number of likely N-dealkylation sites (tertiary alicyclic amines) is 1. The Balaban J connectivity index is 1.55. The van der Waals surface area contributed by atoms with Crippen molar-refractivity contribution in [1.82, 2.24) is 15.2 Å². The Morgan fingerprint density at radius 1 is 1.33 bits per heavy atom. The molecule has 0 spiro atoms. The van der Waals surface area contributed by atoms with Gasteiger partial charge in [-0.25, -0.2) is 4.98 Å². The third kappa shape index (κ3) is 4.20. The van der Waals surface area contributed by atoms with Crippen LogP contribution in [-0.2, 0) is 4.79 Å². The van der Waals surface area contributed by atoms with Gasteiger partial charge >= 0.3 is 0 Å². The number of nitriles is 2. The number of carbonyl (C=O) groups is 1. The molecule has 0 aliphatic carbocycles. The molecule has 142 valence electrons. The van der Waals surface area contributed by atoms with Crippen molar-refractivity contribution in [3.8, 4) is 12.1 Å². The summed E-state index contributed by atoms with van der Waals surface area (Å²) < 4.78 is 0. The maximum absolute atomic E-state index is 12.5. The quantitative estimate of drug-likeness (QED) is 0.854. The number of nitrogens with zero attached hydrogens (tertiary/aromatic N) is 5. The summed E-state index contributed by atoms with van der Waals surface area (Å²) in [7, 11) is 0. The lowest BCUT2D eigenvalue weighted by Gasteiger charge is -2.42. The molecule has 1 aromatic rings. The van der Waals surface area contributed by atoms with Crippen molar-refractivity contribution in [2.24, 2.45) is 0 Å². The minimum Gasteiger partial charge on any atom is -0.356 e. The van der Waals surface area contributed by atoms with Gasteiger partial charge in [-0.05, 0) is 44.2 Å². The van der Waals surface area contributed by atoms with Gasteiger partial charge in [0.05, 0.1) is 18.2 Å². The normalized spacial score (nSPS) is 21.5. The van der Waals surface area contributed by atoms with E-state index in [0.29, 0.717) is 18.7 Å². The number of amides is 1. The van der Waals surface area contributed by atoms with Crippen molar-refractivity contribution >= 4 is 11.7 Å². The van der Waals surface area contributed by atoms with Gasteiger partial charge in [-0.1, -0.05) is 6.92 Å². The Morgan fingerprint density at radius 3 is 2.70 bits per heavy atom. The summed E-state index contributed by atoms with van der Waals surface area (Å²) >= 11 is 0. The van der Waals surface area contributed by atoms with Gasteiger partial charge in [-0.15, -0.1) is 0 Å². The molecule has 3 heterocycles. The molecule has 2 saturated heterocycles. The Bertz CT molecular complexity index is 739. The molecule has 1 atom stereocenters. The van der Waals surface area contributed by atoms with Crippen molar-refractivity contribution in [2.45, 2.75) is 50.6 Å². The van der Waals surface area contributed by atoms with Crippen molar-refractivity contribution < 1.29 is 4.79 Å². The molecule has 7 nitrogen and oxygen atoms in total. The number of rotatable bonds is 5. The Hall–Kier alpha value is -2.64. The van der Waals surface area contributed by atoms with Crippen LogP contribution in [0, 0.1) is 22.7 Å². The van der Waals surface area contributed by atoms with Gasteiger partial charge in [-0.2, -0.15) is 10.5 Å². The maximum atomic E-state index is 12.5. The first kappa shape index (κ1) is 19.1. The molecular formula is C20H26N6O. The van der Waals surface area contributed by atoms with Crippen LogP contribution in [0.1, 0.15) is 44.6 Å². The average Bonchev–Trinajstić information content (AvgIpc) is 3.21. The van der Waals surface area contributed by atoms with Gasteiger partial charge in [0.25, 0.3) is 0 Å². The Morgan fingerprint density at radius 2 is 2.11 bits per heavy atom. The van der Waals surface area contributed by atoms with E-state index in [-0.39, 0.29) is 17.5 Å². The first-order chi connectivity index (χ1) is 13.1. The van der Waals surface area contributed by atoms with E-state index < -0.39 is 0 Å². The fraction of sp³-hybridized carbons (Fsp3) is 0.600. The maximum Gasteiger partial charge on any atom is 0.237 e. The van der Waals surface area contributed by atoms with Crippen LogP contribution < -0.4 is 10.2 Å². The fourth-order valence-electron chi connectivity index (χ4n) is 4.02. The molecule has 2 aliphatic heterocycles. The molecule has 1 amide bonds. The number of pyridine rings is 1. The summed E-state index contributed by atoms with van der Waals surface area (Å²) in [6.45, 7) is 4.86. The van der Waals surface area contributed by atoms with E-state index in [9.17, 15) is 10.1 Å². The highest BCUT2D eigenvalue weighted by molar-refractivity contribution is 5.79. The minimum absolute atomic E-state index is 0.0306. The molecule has 1 aromatic heterocycles. The standard InChI is InChI=1S/C20H26N6O/c1-2-20(24-15-19(27)26-9-3-4-17(26)13-22)7-10-25(11-8-20)18-6-5-16(12-21)14-23-18/h5-6,14,17,24H,2-4,7-11,15H2,1H3/t17-/m0/s1. The topological polar surface area (TPSA) is 96.0 Å². The second kappa shape index (κ2) is 8.37. The van der Waals surface area contributed by atoms with Gasteiger partial charge in [0.15, 0.2) is 0 Å². The molecular weight excluding hydrogens is 340 g/mol. The van der Waals surface area contributed by atoms with E-state index in [4.69, 9.17) is 5.26 Å². The predicted molar refractivity (Wildman–Crippen MR) is 102 cm³/mol. The van der Waals surface area contributed by atoms with Crippen LogP contribution in [0.5, 0.6) is 0 Å². The number of hydrogen-bond donors (Lipinski definition) is 1. The zero-order chi connectivity index (χ0) is 19.3. The highest BCUT2D eigenvalue weighted by atomic mass is 16.2. The van der Waals surface area contributed by atoms with E-state index in [1.807, 2.05) is 6.07 Å². The third-order valence-electron chi connectivity index (χ3n) is 5.94. The third-order valence-corrected chi connectivity index (χ3v) is 5.94. The smallest absolute Gasteiger partial charge is 0.237 e. The van der Waals surface area contributed by atoms with Crippen LogP contribution in [-0.4, -0.2) is 53.6 Å². The number of anilines is 1. The van der Waals surface area contributed by atoms with Gasteiger partial charge in [-0.3, -0.25) is 4.79 Å². The van der Waals surface area contributed by atoms with Crippen LogP contribution in [0.2, 0.25) is 0 Å². The number of piperidine rings is 1. The summed E-state index contributed by atoms with van der Waals surface area (Å²) in [6, 6.07) is 7.75. The second-order valence-corrected chi connectivity index (χ2v) is 7.37. The van der Waals surface area contributed by atoms with Crippen LogP contribution in [0.4, 0.5) is 5.82 Å². The van der Waals surface area contributed by atoms with Crippen molar-refractivity contribution in [1.29, 1.82) is 10.5 Å². The zero-order valence-corrected chi connectivity index (χ0v) is 15.8. The highest BCUT2D eigenvalue weighted by Gasteiger charge is 2.35. The Kier molecular flexibility index (Phi) is 5.93. The first-order valence-corrected chi connectivity index (χ1v) is 9.66. The molecule has 0 aromatic carbocycles. The highest BCUT2D eigenvalue weighted by Crippen LogP contribution is 2.28. The summed E-state index contributed by atoms with van der Waals surface area (Å²) in [5.74, 6) is 0.923. The number of carbonyl (C=O) groups excluding carboxylic acids is 1. The van der Waals surface area contributed by atoms with Crippen LogP contribution >= 0.6 is 0 Å². The van der Waals surface area contributed by atoms with Crippen molar-refractivity contribution in [2.75, 3.05) is 31.1 Å². The minimum atomic E-state index is -0.263. The summed E-state index contributed by atoms with van der Waals surface area (Å²) in [5, 5.41) is 21.6. The number of hydrogen-bond acceptors (Lipinski definition) is 6.